The second-order valence-electron chi connectivity index (χ2n) is 5.56. The standard InChI is InChI=1S/C15H16Cl2N2O2/c16-9-5-6-13(12(17)7-9)18-8-19-14(20)10-3-1-2-4-11(10)15(19)21/h5-7,10-11,18H,1-4,8H2/t10-,11-/m0/s1. The van der Waals surface area contributed by atoms with Gasteiger partial charge in [-0.1, -0.05) is 36.0 Å². The van der Waals surface area contributed by atoms with Crippen LogP contribution in [0.2, 0.25) is 10.0 Å². The normalized spacial score (nSPS) is 25.1. The van der Waals surface area contributed by atoms with Crippen LogP contribution in [0.25, 0.3) is 0 Å². The van der Waals surface area contributed by atoms with E-state index in [1.54, 1.807) is 18.2 Å². The lowest BCUT2D eigenvalue weighted by molar-refractivity contribution is -0.139. The summed E-state index contributed by atoms with van der Waals surface area (Å²) in [5.74, 6) is -0.341. The second-order valence-corrected chi connectivity index (χ2v) is 6.40. The fraction of sp³-hybridized carbons (Fsp3) is 0.467. The average Bonchev–Trinajstić information content (AvgIpc) is 2.71. The molecular weight excluding hydrogens is 311 g/mol. The smallest absolute Gasteiger partial charge is 0.234 e. The van der Waals surface area contributed by atoms with Gasteiger partial charge in [0.25, 0.3) is 0 Å². The molecule has 2 fully saturated rings. The minimum Gasteiger partial charge on any atom is -0.366 e. The lowest BCUT2D eigenvalue weighted by Crippen LogP contribution is -2.35. The van der Waals surface area contributed by atoms with Gasteiger partial charge in [0.15, 0.2) is 0 Å². The van der Waals surface area contributed by atoms with Crippen molar-refractivity contribution in [1.29, 1.82) is 0 Å². The van der Waals surface area contributed by atoms with Crippen LogP contribution in [-0.4, -0.2) is 23.4 Å². The van der Waals surface area contributed by atoms with Gasteiger partial charge in [-0.15, -0.1) is 0 Å². The molecule has 112 valence electrons. The third-order valence-corrected chi connectivity index (χ3v) is 4.84. The van der Waals surface area contributed by atoms with Crippen molar-refractivity contribution in [2.75, 3.05) is 12.0 Å². The molecule has 0 radical (unpaired) electrons. The highest BCUT2D eigenvalue weighted by molar-refractivity contribution is 6.36. The Morgan fingerprint density at radius 1 is 1.10 bits per heavy atom. The number of amides is 2. The minimum absolute atomic E-state index is 0.0534. The van der Waals surface area contributed by atoms with Gasteiger partial charge in [-0.25, -0.2) is 0 Å². The van der Waals surface area contributed by atoms with Crippen LogP contribution in [-0.2, 0) is 9.59 Å². The van der Waals surface area contributed by atoms with Gasteiger partial charge in [0, 0.05) is 5.02 Å². The molecule has 6 heteroatoms. The van der Waals surface area contributed by atoms with E-state index in [0.717, 1.165) is 25.7 Å². The van der Waals surface area contributed by atoms with E-state index in [0.29, 0.717) is 15.7 Å². The Morgan fingerprint density at radius 3 is 2.29 bits per heavy atom. The lowest BCUT2D eigenvalue weighted by atomic mass is 9.81. The summed E-state index contributed by atoms with van der Waals surface area (Å²) in [5, 5.41) is 4.06. The van der Waals surface area contributed by atoms with Crippen LogP contribution in [0.15, 0.2) is 18.2 Å². The molecule has 1 aromatic carbocycles. The van der Waals surface area contributed by atoms with Crippen molar-refractivity contribution in [3.63, 3.8) is 0 Å². The maximum absolute atomic E-state index is 12.3. The third-order valence-electron chi connectivity index (χ3n) is 4.29. The summed E-state index contributed by atoms with van der Waals surface area (Å²) in [6.07, 6.45) is 3.72. The van der Waals surface area contributed by atoms with Crippen LogP contribution >= 0.6 is 23.2 Å². The van der Waals surface area contributed by atoms with Gasteiger partial charge in [-0.3, -0.25) is 14.5 Å². The second kappa shape index (κ2) is 5.85. The highest BCUT2D eigenvalue weighted by atomic mass is 35.5. The Labute approximate surface area is 133 Å². The molecule has 0 bridgehead atoms. The van der Waals surface area contributed by atoms with Crippen LogP contribution in [0, 0.1) is 11.8 Å². The Balaban J connectivity index is 1.70. The molecule has 1 saturated heterocycles. The van der Waals surface area contributed by atoms with Crippen LogP contribution in [0.4, 0.5) is 5.69 Å². The summed E-state index contributed by atoms with van der Waals surface area (Å²) >= 11 is 11.9. The number of nitrogens with one attached hydrogen (secondary N) is 1. The van der Waals surface area contributed by atoms with Crippen molar-refractivity contribution >= 4 is 40.7 Å². The van der Waals surface area contributed by atoms with E-state index < -0.39 is 0 Å². The molecule has 3 rings (SSSR count). The largest absolute Gasteiger partial charge is 0.366 e. The molecule has 1 aliphatic heterocycles. The first-order valence-electron chi connectivity index (χ1n) is 7.12. The fourth-order valence-corrected chi connectivity index (χ4v) is 3.66. The van der Waals surface area contributed by atoms with Gasteiger partial charge < -0.3 is 5.32 Å². The molecule has 1 aliphatic carbocycles. The zero-order valence-electron chi connectivity index (χ0n) is 11.4. The first-order chi connectivity index (χ1) is 10.1. The van der Waals surface area contributed by atoms with Crippen molar-refractivity contribution in [2.24, 2.45) is 11.8 Å². The first kappa shape index (κ1) is 14.7. The van der Waals surface area contributed by atoms with Crippen LogP contribution in [0.1, 0.15) is 25.7 Å². The highest BCUT2D eigenvalue weighted by Crippen LogP contribution is 2.38. The Morgan fingerprint density at radius 2 is 1.71 bits per heavy atom. The zero-order valence-corrected chi connectivity index (χ0v) is 13.0. The molecule has 0 unspecified atom stereocenters. The predicted octanol–water partition coefficient (Wildman–Crippen LogP) is 3.54. The molecule has 2 aliphatic rings. The van der Waals surface area contributed by atoms with Crippen molar-refractivity contribution in [1.82, 2.24) is 4.90 Å². The van der Waals surface area contributed by atoms with Gasteiger partial charge in [0.2, 0.25) is 11.8 Å². The number of halogens is 2. The van der Waals surface area contributed by atoms with Gasteiger partial charge >= 0.3 is 0 Å². The number of hydrogen-bond acceptors (Lipinski definition) is 3. The third kappa shape index (κ3) is 2.74. The number of fused-ring (bicyclic) bond motifs is 1. The molecular formula is C15H16Cl2N2O2. The fourth-order valence-electron chi connectivity index (χ4n) is 3.18. The Hall–Kier alpha value is -1.26. The van der Waals surface area contributed by atoms with Crippen LogP contribution in [0.3, 0.4) is 0 Å². The molecule has 0 spiro atoms. The molecule has 1 saturated carbocycles. The van der Waals surface area contributed by atoms with E-state index in [4.69, 9.17) is 23.2 Å². The average molecular weight is 327 g/mol. The van der Waals surface area contributed by atoms with Crippen LogP contribution < -0.4 is 5.32 Å². The summed E-state index contributed by atoms with van der Waals surface area (Å²) in [7, 11) is 0. The number of anilines is 1. The van der Waals surface area contributed by atoms with E-state index in [2.05, 4.69) is 5.32 Å². The summed E-state index contributed by atoms with van der Waals surface area (Å²) in [4.78, 5) is 26.0. The number of likely N-dealkylation sites (tertiary alicyclic amines) is 1. The van der Waals surface area contributed by atoms with E-state index in [1.807, 2.05) is 0 Å². The van der Waals surface area contributed by atoms with Gasteiger partial charge in [0.1, 0.15) is 0 Å². The Kier molecular flexibility index (Phi) is 4.09. The molecule has 2 amide bonds. The molecule has 1 aromatic rings. The summed E-state index contributed by atoms with van der Waals surface area (Å²) in [6, 6.07) is 5.07. The maximum Gasteiger partial charge on any atom is 0.234 e. The Bertz CT molecular complexity index is 567. The number of carbonyl (C=O) groups excluding carboxylic acids is 2. The molecule has 1 N–H and O–H groups in total. The van der Waals surface area contributed by atoms with Crippen molar-refractivity contribution in [2.45, 2.75) is 25.7 Å². The van der Waals surface area contributed by atoms with E-state index >= 15 is 0 Å². The van der Waals surface area contributed by atoms with Crippen molar-refractivity contribution < 1.29 is 9.59 Å². The van der Waals surface area contributed by atoms with Crippen LogP contribution in [0.5, 0.6) is 0 Å². The number of hydrogen-bond donors (Lipinski definition) is 1. The quantitative estimate of drug-likeness (QED) is 0.864. The molecule has 0 aromatic heterocycles. The van der Waals surface area contributed by atoms with E-state index in [1.165, 1.54) is 4.90 Å². The van der Waals surface area contributed by atoms with Crippen molar-refractivity contribution in [3.8, 4) is 0 Å². The topological polar surface area (TPSA) is 49.4 Å². The van der Waals surface area contributed by atoms with E-state index in [-0.39, 0.29) is 30.3 Å². The van der Waals surface area contributed by atoms with Gasteiger partial charge in [-0.2, -0.15) is 0 Å². The molecule has 1 heterocycles. The van der Waals surface area contributed by atoms with E-state index in [9.17, 15) is 9.59 Å². The minimum atomic E-state index is -0.117. The number of imide groups is 1. The summed E-state index contributed by atoms with van der Waals surface area (Å²) < 4.78 is 0. The van der Waals surface area contributed by atoms with Crippen molar-refractivity contribution in [3.05, 3.63) is 28.2 Å². The first-order valence-corrected chi connectivity index (χ1v) is 7.87. The predicted molar refractivity (Wildman–Crippen MR) is 82.3 cm³/mol. The number of nitrogens with zero attached hydrogens (tertiary/aromatic N) is 1. The summed E-state index contributed by atoms with van der Waals surface area (Å²) in [5.41, 5.74) is 0.663. The maximum atomic E-state index is 12.3. The molecule has 4 nitrogen and oxygen atoms in total. The highest BCUT2D eigenvalue weighted by Gasteiger charge is 2.47. The summed E-state index contributed by atoms with van der Waals surface area (Å²) in [6.45, 7) is 0.159. The monoisotopic (exact) mass is 326 g/mol. The SMILES string of the molecule is O=C1[C@H]2CCCC[C@@H]2C(=O)N1CNc1ccc(Cl)cc1Cl. The molecule has 2 atom stereocenters. The number of rotatable bonds is 3. The number of benzene rings is 1. The van der Waals surface area contributed by atoms with Gasteiger partial charge in [0.05, 0.1) is 29.2 Å². The number of carbonyl (C=O) groups is 2. The zero-order chi connectivity index (χ0) is 15.0. The van der Waals surface area contributed by atoms with Gasteiger partial charge in [-0.05, 0) is 31.0 Å². The molecule has 21 heavy (non-hydrogen) atoms. The lowest BCUT2D eigenvalue weighted by Gasteiger charge is -2.19.